The lowest BCUT2D eigenvalue weighted by Crippen LogP contribution is -2.51. The average molecular weight is 496 g/mol. The molecule has 4 nitrogen and oxygen atoms in total. The summed E-state index contributed by atoms with van der Waals surface area (Å²) in [5.74, 6) is 0.850. The van der Waals surface area contributed by atoms with Gasteiger partial charge in [0.15, 0.2) is 0 Å². The van der Waals surface area contributed by atoms with Gasteiger partial charge in [0.05, 0.1) is 12.7 Å². The molecule has 2 unspecified atom stereocenters. The minimum atomic E-state index is -0.556. The molecule has 0 fully saturated rings. The van der Waals surface area contributed by atoms with E-state index in [9.17, 15) is 0 Å². The third-order valence-electron chi connectivity index (χ3n) is 7.06. The van der Waals surface area contributed by atoms with E-state index in [0.717, 1.165) is 29.1 Å². The standard InChI is InChI=1S/C33H37NO3/c1-22(2)36-31-29-19-28(34-20-27-13-7-6-10-23(27)3)16-17-30(29)37-33(4,5)32(31)35-21-24-14-15-25-11-8-9-12-26(25)18-24/h6-19,22,31-32,34H,20-21H2,1-5H3. The van der Waals surface area contributed by atoms with Crippen LogP contribution in [0.1, 0.15) is 56.1 Å². The Morgan fingerprint density at radius 2 is 1.65 bits per heavy atom. The van der Waals surface area contributed by atoms with Crippen molar-refractivity contribution in [3.8, 4) is 5.75 Å². The summed E-state index contributed by atoms with van der Waals surface area (Å²) >= 11 is 0. The van der Waals surface area contributed by atoms with Crippen LogP contribution in [0, 0.1) is 6.92 Å². The molecule has 192 valence electrons. The minimum Gasteiger partial charge on any atom is -0.485 e. The van der Waals surface area contributed by atoms with Crippen molar-refractivity contribution < 1.29 is 14.2 Å². The van der Waals surface area contributed by atoms with Gasteiger partial charge in [0.1, 0.15) is 23.6 Å². The molecule has 0 radical (unpaired) electrons. The first-order valence-electron chi connectivity index (χ1n) is 13.2. The van der Waals surface area contributed by atoms with Gasteiger partial charge >= 0.3 is 0 Å². The van der Waals surface area contributed by atoms with Crippen LogP contribution in [0.3, 0.4) is 0 Å². The van der Waals surface area contributed by atoms with Gasteiger partial charge in [0.25, 0.3) is 0 Å². The number of fused-ring (bicyclic) bond motifs is 2. The van der Waals surface area contributed by atoms with Gasteiger partial charge in [0.2, 0.25) is 0 Å². The van der Waals surface area contributed by atoms with Crippen LogP contribution in [0.15, 0.2) is 84.9 Å². The van der Waals surface area contributed by atoms with Gasteiger partial charge in [-0.1, -0.05) is 60.7 Å². The first-order chi connectivity index (χ1) is 17.8. The van der Waals surface area contributed by atoms with Gasteiger partial charge in [-0.25, -0.2) is 0 Å². The Hall–Kier alpha value is -3.34. The lowest BCUT2D eigenvalue weighted by Gasteiger charge is -2.45. The van der Waals surface area contributed by atoms with E-state index in [2.05, 4.69) is 119 Å². The van der Waals surface area contributed by atoms with Crippen LogP contribution in [0.25, 0.3) is 10.8 Å². The molecule has 37 heavy (non-hydrogen) atoms. The summed E-state index contributed by atoms with van der Waals surface area (Å²) in [7, 11) is 0. The molecule has 1 heterocycles. The van der Waals surface area contributed by atoms with E-state index in [1.807, 2.05) is 6.07 Å². The Labute approximate surface area is 220 Å². The van der Waals surface area contributed by atoms with Crippen molar-refractivity contribution in [3.05, 3.63) is 107 Å². The maximum atomic E-state index is 6.62. The number of benzene rings is 4. The smallest absolute Gasteiger partial charge is 0.132 e. The minimum absolute atomic E-state index is 0.0436. The first-order valence-corrected chi connectivity index (χ1v) is 13.2. The van der Waals surface area contributed by atoms with Crippen LogP contribution >= 0.6 is 0 Å². The number of ether oxygens (including phenoxy) is 3. The van der Waals surface area contributed by atoms with E-state index in [1.165, 1.54) is 21.9 Å². The van der Waals surface area contributed by atoms with Crippen LogP contribution in [0.2, 0.25) is 0 Å². The van der Waals surface area contributed by atoms with Crippen molar-refractivity contribution in [2.24, 2.45) is 0 Å². The molecule has 0 saturated carbocycles. The maximum Gasteiger partial charge on any atom is 0.132 e. The predicted octanol–water partition coefficient (Wildman–Crippen LogP) is 7.98. The van der Waals surface area contributed by atoms with Gasteiger partial charge in [-0.3, -0.25) is 0 Å². The van der Waals surface area contributed by atoms with Crippen LogP contribution in [0.4, 0.5) is 5.69 Å². The molecule has 0 bridgehead atoms. The zero-order chi connectivity index (χ0) is 26.0. The molecule has 2 atom stereocenters. The molecule has 0 aliphatic carbocycles. The summed E-state index contributed by atoms with van der Waals surface area (Å²) in [6.45, 7) is 11.7. The number of rotatable bonds is 8. The van der Waals surface area contributed by atoms with Crippen molar-refractivity contribution in [1.82, 2.24) is 0 Å². The summed E-state index contributed by atoms with van der Waals surface area (Å²) in [5, 5.41) is 6.03. The molecule has 0 amide bonds. The zero-order valence-electron chi connectivity index (χ0n) is 22.5. The Bertz CT molecular complexity index is 1380. The molecule has 4 aromatic carbocycles. The molecule has 4 heteroatoms. The molecule has 4 aromatic rings. The SMILES string of the molecule is Cc1ccccc1CNc1ccc2c(c1)C(OC(C)C)C(OCc1ccc3ccccc3c1)C(C)(C)O2. The Balaban J connectivity index is 1.40. The fourth-order valence-corrected chi connectivity index (χ4v) is 5.09. The summed E-state index contributed by atoms with van der Waals surface area (Å²) in [5.41, 5.74) is 5.20. The maximum absolute atomic E-state index is 6.62. The van der Waals surface area contributed by atoms with Crippen LogP contribution < -0.4 is 10.1 Å². The fraction of sp³-hybridized carbons (Fsp3) is 0.333. The normalized spacial score (nSPS) is 18.4. The molecule has 1 N–H and O–H groups in total. The number of nitrogens with one attached hydrogen (secondary N) is 1. The number of aryl methyl sites for hydroxylation is 1. The lowest BCUT2D eigenvalue weighted by molar-refractivity contribution is -0.177. The van der Waals surface area contributed by atoms with Gasteiger partial charge in [-0.2, -0.15) is 0 Å². The van der Waals surface area contributed by atoms with Crippen molar-refractivity contribution in [2.75, 3.05) is 5.32 Å². The van der Waals surface area contributed by atoms with Crippen molar-refractivity contribution in [1.29, 1.82) is 0 Å². The quantitative estimate of drug-likeness (QED) is 0.269. The van der Waals surface area contributed by atoms with E-state index in [4.69, 9.17) is 14.2 Å². The Morgan fingerprint density at radius 3 is 2.43 bits per heavy atom. The third-order valence-corrected chi connectivity index (χ3v) is 7.06. The van der Waals surface area contributed by atoms with E-state index in [-0.39, 0.29) is 18.3 Å². The largest absolute Gasteiger partial charge is 0.485 e. The highest BCUT2D eigenvalue weighted by Crippen LogP contribution is 2.45. The van der Waals surface area contributed by atoms with Crippen LogP contribution in [-0.2, 0) is 22.6 Å². The molecule has 1 aliphatic heterocycles. The lowest BCUT2D eigenvalue weighted by atomic mass is 9.87. The second-order valence-electron chi connectivity index (χ2n) is 10.8. The highest BCUT2D eigenvalue weighted by Gasteiger charge is 2.46. The van der Waals surface area contributed by atoms with E-state index in [1.54, 1.807) is 0 Å². The highest BCUT2D eigenvalue weighted by molar-refractivity contribution is 5.82. The summed E-state index contributed by atoms with van der Waals surface area (Å²) in [6, 6.07) is 29.6. The molecule has 0 spiro atoms. The molecule has 0 saturated heterocycles. The highest BCUT2D eigenvalue weighted by atomic mass is 16.6. The Morgan fingerprint density at radius 1 is 0.892 bits per heavy atom. The predicted molar refractivity (Wildman–Crippen MR) is 151 cm³/mol. The summed E-state index contributed by atoms with van der Waals surface area (Å²) in [6.07, 6.45) is -0.484. The molecule has 1 aliphatic rings. The first kappa shape index (κ1) is 25.3. The molecular weight excluding hydrogens is 458 g/mol. The van der Waals surface area contributed by atoms with Gasteiger partial charge in [0, 0.05) is 17.8 Å². The van der Waals surface area contributed by atoms with E-state index in [0.29, 0.717) is 6.61 Å². The number of hydrogen-bond acceptors (Lipinski definition) is 4. The van der Waals surface area contributed by atoms with Crippen molar-refractivity contribution in [3.63, 3.8) is 0 Å². The van der Waals surface area contributed by atoms with Gasteiger partial charge in [-0.05, 0) is 86.3 Å². The third kappa shape index (κ3) is 5.66. The fourth-order valence-electron chi connectivity index (χ4n) is 5.09. The summed E-state index contributed by atoms with van der Waals surface area (Å²) < 4.78 is 19.7. The Kier molecular flexibility index (Phi) is 7.23. The second-order valence-corrected chi connectivity index (χ2v) is 10.8. The molecule has 5 rings (SSSR count). The number of anilines is 1. The van der Waals surface area contributed by atoms with Crippen molar-refractivity contribution >= 4 is 16.5 Å². The van der Waals surface area contributed by atoms with E-state index >= 15 is 0 Å². The number of hydrogen-bond donors (Lipinski definition) is 1. The topological polar surface area (TPSA) is 39.7 Å². The van der Waals surface area contributed by atoms with Gasteiger partial charge in [-0.15, -0.1) is 0 Å². The van der Waals surface area contributed by atoms with Gasteiger partial charge < -0.3 is 19.5 Å². The monoisotopic (exact) mass is 495 g/mol. The average Bonchev–Trinajstić information content (AvgIpc) is 2.87. The summed E-state index contributed by atoms with van der Waals surface area (Å²) in [4.78, 5) is 0. The van der Waals surface area contributed by atoms with Crippen molar-refractivity contribution in [2.45, 2.75) is 71.7 Å². The molecular formula is C33H37NO3. The van der Waals surface area contributed by atoms with Crippen LogP contribution in [-0.4, -0.2) is 17.8 Å². The molecule has 0 aromatic heterocycles. The zero-order valence-corrected chi connectivity index (χ0v) is 22.5. The van der Waals surface area contributed by atoms with E-state index < -0.39 is 5.60 Å². The van der Waals surface area contributed by atoms with Crippen LogP contribution in [0.5, 0.6) is 5.75 Å². The second kappa shape index (κ2) is 10.6.